The standard InChI is InChI=1S/C24H28N4O3/c1-26-13-15-27(16-14-26)19-10-8-18(9-11-19)5-4-12-25-22(29)17-28-23(30)20-6-2-3-7-21(20)24(28)31/h2-3,6-11H,4-5,12-17H2,1H3,(H,25,29). The van der Waals surface area contributed by atoms with E-state index in [4.69, 9.17) is 0 Å². The van der Waals surface area contributed by atoms with Gasteiger partial charge in [0, 0.05) is 38.4 Å². The quantitative estimate of drug-likeness (QED) is 0.546. The maximum absolute atomic E-state index is 12.3. The third kappa shape index (κ3) is 4.77. The molecular weight excluding hydrogens is 392 g/mol. The summed E-state index contributed by atoms with van der Waals surface area (Å²) in [4.78, 5) is 42.7. The van der Waals surface area contributed by atoms with Crippen molar-refractivity contribution in [1.29, 1.82) is 0 Å². The predicted molar refractivity (Wildman–Crippen MR) is 119 cm³/mol. The van der Waals surface area contributed by atoms with Crippen LogP contribution >= 0.6 is 0 Å². The first kappa shape index (κ1) is 21.1. The van der Waals surface area contributed by atoms with Crippen molar-refractivity contribution >= 4 is 23.4 Å². The number of likely N-dealkylation sites (N-methyl/N-ethyl adjacent to an activating group) is 1. The molecule has 0 aromatic heterocycles. The van der Waals surface area contributed by atoms with Crippen molar-refractivity contribution in [3.63, 3.8) is 0 Å². The molecule has 31 heavy (non-hydrogen) atoms. The largest absolute Gasteiger partial charge is 0.369 e. The van der Waals surface area contributed by atoms with Crippen LogP contribution in [0.4, 0.5) is 5.69 Å². The number of amides is 3. The van der Waals surface area contributed by atoms with Crippen molar-refractivity contribution in [3.8, 4) is 0 Å². The Bertz CT molecular complexity index is 930. The fraction of sp³-hybridized carbons (Fsp3) is 0.375. The summed E-state index contributed by atoms with van der Waals surface area (Å²) < 4.78 is 0. The smallest absolute Gasteiger partial charge is 0.262 e. The third-order valence-electron chi connectivity index (χ3n) is 5.95. The average Bonchev–Trinajstić information content (AvgIpc) is 3.03. The Morgan fingerprint density at radius 2 is 1.52 bits per heavy atom. The summed E-state index contributed by atoms with van der Waals surface area (Å²) in [7, 11) is 2.15. The highest BCUT2D eigenvalue weighted by Crippen LogP contribution is 2.22. The molecule has 1 saturated heterocycles. The molecule has 162 valence electrons. The molecule has 0 bridgehead atoms. The first-order valence-corrected chi connectivity index (χ1v) is 10.8. The first-order chi connectivity index (χ1) is 15.0. The Morgan fingerprint density at radius 1 is 0.903 bits per heavy atom. The van der Waals surface area contributed by atoms with Gasteiger partial charge >= 0.3 is 0 Å². The number of nitrogens with zero attached hydrogens (tertiary/aromatic N) is 3. The summed E-state index contributed by atoms with van der Waals surface area (Å²) in [5, 5.41) is 2.82. The molecule has 3 amide bonds. The van der Waals surface area contributed by atoms with Crippen LogP contribution in [0.1, 0.15) is 32.7 Å². The molecule has 2 aromatic rings. The topological polar surface area (TPSA) is 73.0 Å². The van der Waals surface area contributed by atoms with Gasteiger partial charge in [0.2, 0.25) is 5.91 Å². The molecule has 7 heteroatoms. The number of imide groups is 1. The second kappa shape index (κ2) is 9.31. The van der Waals surface area contributed by atoms with Crippen LogP contribution in [0, 0.1) is 0 Å². The van der Waals surface area contributed by atoms with Gasteiger partial charge in [-0.1, -0.05) is 24.3 Å². The van der Waals surface area contributed by atoms with Crippen LogP contribution in [0.2, 0.25) is 0 Å². The van der Waals surface area contributed by atoms with Crippen molar-refractivity contribution < 1.29 is 14.4 Å². The molecule has 2 heterocycles. The van der Waals surface area contributed by atoms with E-state index in [1.807, 2.05) is 0 Å². The molecule has 0 radical (unpaired) electrons. The van der Waals surface area contributed by atoms with Crippen molar-refractivity contribution in [2.45, 2.75) is 12.8 Å². The first-order valence-electron chi connectivity index (χ1n) is 10.8. The number of benzene rings is 2. The van der Waals surface area contributed by atoms with Crippen LogP contribution in [0.15, 0.2) is 48.5 Å². The lowest BCUT2D eigenvalue weighted by molar-refractivity contribution is -0.121. The lowest BCUT2D eigenvalue weighted by Crippen LogP contribution is -2.44. The fourth-order valence-electron chi connectivity index (χ4n) is 4.04. The monoisotopic (exact) mass is 420 g/mol. The zero-order chi connectivity index (χ0) is 21.8. The van der Waals surface area contributed by atoms with Crippen molar-refractivity contribution in [1.82, 2.24) is 15.1 Å². The summed E-state index contributed by atoms with van der Waals surface area (Å²) >= 11 is 0. The highest BCUT2D eigenvalue weighted by atomic mass is 16.2. The molecule has 0 atom stereocenters. The van der Waals surface area contributed by atoms with E-state index in [0.717, 1.165) is 43.9 Å². The number of aryl methyl sites for hydroxylation is 1. The van der Waals surface area contributed by atoms with Crippen LogP contribution in [-0.2, 0) is 11.2 Å². The summed E-state index contributed by atoms with van der Waals surface area (Å²) in [6.45, 7) is 4.53. The number of carbonyl (C=O) groups excluding carboxylic acids is 3. The molecule has 1 N–H and O–H groups in total. The minimum atomic E-state index is -0.406. The van der Waals surface area contributed by atoms with Gasteiger partial charge in [0.05, 0.1) is 11.1 Å². The van der Waals surface area contributed by atoms with Gasteiger partial charge in [-0.25, -0.2) is 0 Å². The van der Waals surface area contributed by atoms with Gasteiger partial charge in [-0.05, 0) is 49.7 Å². The van der Waals surface area contributed by atoms with Gasteiger partial charge in [-0.15, -0.1) is 0 Å². The van der Waals surface area contributed by atoms with E-state index in [2.05, 4.69) is 46.4 Å². The maximum Gasteiger partial charge on any atom is 0.262 e. The van der Waals surface area contributed by atoms with Gasteiger partial charge < -0.3 is 15.1 Å². The summed E-state index contributed by atoms with van der Waals surface area (Å²) in [6, 6.07) is 15.3. The van der Waals surface area contributed by atoms with Gasteiger partial charge in [0.15, 0.2) is 0 Å². The molecule has 0 unspecified atom stereocenters. The zero-order valence-corrected chi connectivity index (χ0v) is 17.8. The number of rotatable bonds is 7. The third-order valence-corrected chi connectivity index (χ3v) is 5.95. The normalized spacial score (nSPS) is 16.5. The van der Waals surface area contributed by atoms with E-state index in [9.17, 15) is 14.4 Å². The molecule has 2 aromatic carbocycles. The molecule has 0 aliphatic carbocycles. The fourth-order valence-corrected chi connectivity index (χ4v) is 4.04. The SMILES string of the molecule is CN1CCN(c2ccc(CCCNC(=O)CN3C(=O)c4ccccc4C3=O)cc2)CC1. The number of nitrogens with one attached hydrogen (secondary N) is 1. The van der Waals surface area contributed by atoms with Crippen LogP contribution in [-0.4, -0.2) is 73.8 Å². The van der Waals surface area contributed by atoms with Crippen LogP contribution in [0.3, 0.4) is 0 Å². The van der Waals surface area contributed by atoms with E-state index in [1.54, 1.807) is 24.3 Å². The van der Waals surface area contributed by atoms with Gasteiger partial charge in [-0.3, -0.25) is 19.3 Å². The van der Waals surface area contributed by atoms with E-state index in [0.29, 0.717) is 17.7 Å². The molecule has 1 fully saturated rings. The molecule has 2 aliphatic rings. The molecular formula is C24H28N4O3. The van der Waals surface area contributed by atoms with Gasteiger partial charge in [0.25, 0.3) is 11.8 Å². The lowest BCUT2D eigenvalue weighted by Gasteiger charge is -2.34. The van der Waals surface area contributed by atoms with E-state index in [-0.39, 0.29) is 12.5 Å². The highest BCUT2D eigenvalue weighted by Gasteiger charge is 2.36. The maximum atomic E-state index is 12.3. The van der Waals surface area contributed by atoms with Crippen LogP contribution < -0.4 is 10.2 Å². The van der Waals surface area contributed by atoms with Crippen molar-refractivity contribution in [3.05, 3.63) is 65.2 Å². The molecule has 0 spiro atoms. The Kier molecular flexibility index (Phi) is 6.32. The molecule has 4 rings (SSSR count). The molecule has 2 aliphatic heterocycles. The Hall–Kier alpha value is -3.19. The van der Waals surface area contributed by atoms with Crippen LogP contribution in [0.5, 0.6) is 0 Å². The Labute approximate surface area is 182 Å². The summed E-state index contributed by atoms with van der Waals surface area (Å²) in [6.07, 6.45) is 1.65. The summed E-state index contributed by atoms with van der Waals surface area (Å²) in [5.74, 6) is -1.13. The Morgan fingerprint density at radius 3 is 2.13 bits per heavy atom. The summed E-state index contributed by atoms with van der Waals surface area (Å²) in [5.41, 5.74) is 3.21. The predicted octanol–water partition coefficient (Wildman–Crippen LogP) is 1.78. The number of hydrogen-bond donors (Lipinski definition) is 1. The van der Waals surface area contributed by atoms with Crippen molar-refractivity contribution in [2.75, 3.05) is 51.2 Å². The van der Waals surface area contributed by atoms with E-state index in [1.165, 1.54) is 11.3 Å². The second-order valence-electron chi connectivity index (χ2n) is 8.15. The zero-order valence-electron chi connectivity index (χ0n) is 17.8. The lowest BCUT2D eigenvalue weighted by atomic mass is 10.1. The minimum Gasteiger partial charge on any atom is -0.369 e. The number of carbonyl (C=O) groups is 3. The van der Waals surface area contributed by atoms with Gasteiger partial charge in [0.1, 0.15) is 6.54 Å². The number of anilines is 1. The number of piperazine rings is 1. The van der Waals surface area contributed by atoms with Gasteiger partial charge in [-0.2, -0.15) is 0 Å². The highest BCUT2D eigenvalue weighted by molar-refractivity contribution is 6.22. The number of hydrogen-bond acceptors (Lipinski definition) is 5. The van der Waals surface area contributed by atoms with E-state index < -0.39 is 11.8 Å². The van der Waals surface area contributed by atoms with Crippen LogP contribution in [0.25, 0.3) is 0 Å². The molecule has 0 saturated carbocycles. The average molecular weight is 421 g/mol. The Balaban J connectivity index is 1.19. The second-order valence-corrected chi connectivity index (χ2v) is 8.15. The minimum absolute atomic E-state index is 0.244. The number of fused-ring (bicyclic) bond motifs is 1. The molecule has 7 nitrogen and oxygen atoms in total. The van der Waals surface area contributed by atoms with E-state index >= 15 is 0 Å². The van der Waals surface area contributed by atoms with Crippen molar-refractivity contribution in [2.24, 2.45) is 0 Å².